The maximum absolute atomic E-state index is 12.6. The van der Waals surface area contributed by atoms with Crippen molar-refractivity contribution in [1.29, 1.82) is 0 Å². The summed E-state index contributed by atoms with van der Waals surface area (Å²) < 4.78 is 63.6. The number of rotatable bonds is 6. The van der Waals surface area contributed by atoms with Gasteiger partial charge in [0.1, 0.15) is 6.54 Å². The molecule has 0 saturated carbocycles. The lowest BCUT2D eigenvalue weighted by Crippen LogP contribution is -2.33. The van der Waals surface area contributed by atoms with Crippen LogP contribution in [-0.2, 0) is 10.0 Å². The van der Waals surface area contributed by atoms with Crippen LogP contribution in [0.5, 0.6) is 0 Å². The third-order valence-electron chi connectivity index (χ3n) is 4.21. The number of carbonyl (C=O) groups excluding carboxylic acids is 1. The molecule has 1 amide bonds. The van der Waals surface area contributed by atoms with E-state index in [4.69, 9.17) is 11.6 Å². The first-order chi connectivity index (χ1) is 14.5. The Morgan fingerprint density at radius 1 is 1.10 bits per heavy atom. The topological polar surface area (TPSA) is 93.1 Å². The number of nitrogens with zero attached hydrogens (tertiary/aromatic N) is 2. The summed E-state index contributed by atoms with van der Waals surface area (Å²) in [6, 6.07) is 11.6. The molecule has 0 saturated heterocycles. The largest absolute Gasteiger partial charge is 0.402 e. The Morgan fingerprint density at radius 3 is 2.29 bits per heavy atom. The van der Waals surface area contributed by atoms with Gasteiger partial charge in [-0.15, -0.1) is 0 Å². The summed E-state index contributed by atoms with van der Waals surface area (Å²) in [6.07, 6.45) is -3.28. The number of benzene rings is 2. The molecule has 0 bridgehead atoms. The van der Waals surface area contributed by atoms with E-state index in [2.05, 4.69) is 10.4 Å². The van der Waals surface area contributed by atoms with Gasteiger partial charge in [-0.2, -0.15) is 18.3 Å². The highest BCUT2D eigenvalue weighted by Gasteiger charge is 2.30. The van der Waals surface area contributed by atoms with Gasteiger partial charge in [-0.25, -0.2) is 17.8 Å². The number of amides is 1. The maximum Gasteiger partial charge on any atom is 0.402 e. The van der Waals surface area contributed by atoms with Crippen LogP contribution in [0.4, 0.5) is 18.9 Å². The molecule has 12 heteroatoms. The highest BCUT2D eigenvalue weighted by Crippen LogP contribution is 2.20. The first-order valence-electron chi connectivity index (χ1n) is 8.75. The van der Waals surface area contributed by atoms with E-state index in [0.717, 1.165) is 12.1 Å². The van der Waals surface area contributed by atoms with Gasteiger partial charge in [0.2, 0.25) is 10.0 Å². The van der Waals surface area contributed by atoms with Gasteiger partial charge in [0.15, 0.2) is 0 Å². The lowest BCUT2D eigenvalue weighted by atomic mass is 10.2. The second kappa shape index (κ2) is 8.69. The van der Waals surface area contributed by atoms with Crippen molar-refractivity contribution in [2.75, 3.05) is 11.9 Å². The summed E-state index contributed by atoms with van der Waals surface area (Å²) in [5.41, 5.74) is 1.83. The lowest BCUT2D eigenvalue weighted by molar-refractivity contribution is -0.121. The molecular weight excluding hydrogens is 457 g/mol. The van der Waals surface area contributed by atoms with Crippen molar-refractivity contribution in [3.63, 3.8) is 0 Å². The standard InChI is InChI=1S/C19H16ClF3N4O3S/c1-12-17(10-24-27(12)15-6-2-13(20)3-7-15)18(28)26-14-4-8-16(9-5-14)31(29,30)25-11-19(21,22)23/h2-10,25H,11H2,1H3,(H,26,28). The second-order valence-electron chi connectivity index (χ2n) is 6.45. The van der Waals surface area contributed by atoms with Crippen LogP contribution in [0.15, 0.2) is 59.6 Å². The maximum atomic E-state index is 12.6. The molecule has 0 fully saturated rings. The summed E-state index contributed by atoms with van der Waals surface area (Å²) >= 11 is 5.88. The Balaban J connectivity index is 1.72. The molecule has 3 aromatic rings. The minimum absolute atomic E-state index is 0.262. The van der Waals surface area contributed by atoms with Crippen molar-refractivity contribution in [3.8, 4) is 5.69 Å². The summed E-state index contributed by atoms with van der Waals surface area (Å²) in [5, 5.41) is 7.36. The summed E-state index contributed by atoms with van der Waals surface area (Å²) in [4.78, 5) is 12.2. The van der Waals surface area contributed by atoms with E-state index >= 15 is 0 Å². The van der Waals surface area contributed by atoms with Crippen LogP contribution in [0, 0.1) is 6.92 Å². The van der Waals surface area contributed by atoms with Crippen molar-refractivity contribution >= 4 is 33.2 Å². The van der Waals surface area contributed by atoms with Crippen LogP contribution >= 0.6 is 11.6 Å². The molecule has 164 valence electrons. The van der Waals surface area contributed by atoms with Crippen molar-refractivity contribution in [1.82, 2.24) is 14.5 Å². The van der Waals surface area contributed by atoms with Crippen molar-refractivity contribution in [2.45, 2.75) is 18.0 Å². The second-order valence-corrected chi connectivity index (χ2v) is 8.65. The molecular formula is C19H16ClF3N4O3S. The zero-order valence-corrected chi connectivity index (χ0v) is 17.5. The Hall–Kier alpha value is -2.89. The van der Waals surface area contributed by atoms with Gasteiger partial charge >= 0.3 is 6.18 Å². The average Bonchev–Trinajstić information content (AvgIpc) is 3.08. The molecule has 1 aromatic heterocycles. The molecule has 1 heterocycles. The number of sulfonamides is 1. The number of anilines is 1. The Bertz CT molecular complexity index is 1190. The summed E-state index contributed by atoms with van der Waals surface area (Å²) in [6.45, 7) is 0.0310. The normalized spacial score (nSPS) is 12.0. The molecule has 2 N–H and O–H groups in total. The van der Waals surface area contributed by atoms with Gasteiger partial charge in [-0.1, -0.05) is 11.6 Å². The van der Waals surface area contributed by atoms with E-state index in [-0.39, 0.29) is 10.6 Å². The minimum atomic E-state index is -4.67. The first-order valence-corrected chi connectivity index (χ1v) is 10.6. The highest BCUT2D eigenvalue weighted by atomic mass is 35.5. The van der Waals surface area contributed by atoms with E-state index in [1.54, 1.807) is 35.9 Å². The molecule has 0 atom stereocenters. The molecule has 0 aliphatic heterocycles. The van der Waals surface area contributed by atoms with E-state index in [1.807, 2.05) is 0 Å². The minimum Gasteiger partial charge on any atom is -0.322 e. The average molecular weight is 473 g/mol. The molecule has 0 unspecified atom stereocenters. The number of nitrogens with one attached hydrogen (secondary N) is 2. The van der Waals surface area contributed by atoms with Crippen molar-refractivity contribution in [3.05, 3.63) is 71.0 Å². The van der Waals surface area contributed by atoms with Crippen molar-refractivity contribution < 1.29 is 26.4 Å². The summed E-state index contributed by atoms with van der Waals surface area (Å²) in [7, 11) is -4.33. The van der Waals surface area contributed by atoms with Gasteiger partial charge in [-0.05, 0) is 55.5 Å². The molecule has 31 heavy (non-hydrogen) atoms. The third kappa shape index (κ3) is 5.63. The van der Waals surface area contributed by atoms with Crippen LogP contribution in [0.2, 0.25) is 5.02 Å². The van der Waals surface area contributed by atoms with E-state index < -0.39 is 28.7 Å². The Kier molecular flexibility index (Phi) is 6.39. The van der Waals surface area contributed by atoms with E-state index in [0.29, 0.717) is 22.0 Å². The fraction of sp³-hybridized carbons (Fsp3) is 0.158. The lowest BCUT2D eigenvalue weighted by Gasteiger charge is -2.10. The highest BCUT2D eigenvalue weighted by molar-refractivity contribution is 7.89. The number of carbonyl (C=O) groups is 1. The van der Waals surface area contributed by atoms with Gasteiger partial charge in [-0.3, -0.25) is 4.79 Å². The van der Waals surface area contributed by atoms with E-state index in [9.17, 15) is 26.4 Å². The SMILES string of the molecule is Cc1c(C(=O)Nc2ccc(S(=O)(=O)NCC(F)(F)F)cc2)cnn1-c1ccc(Cl)cc1. The first kappa shape index (κ1) is 22.8. The predicted octanol–water partition coefficient (Wildman–Crippen LogP) is 3.93. The zero-order chi connectivity index (χ0) is 22.8. The summed E-state index contributed by atoms with van der Waals surface area (Å²) in [5.74, 6) is -0.483. The third-order valence-corrected chi connectivity index (χ3v) is 5.88. The van der Waals surface area contributed by atoms with E-state index in [1.165, 1.54) is 23.1 Å². The Labute approximate surface area is 180 Å². The quantitative estimate of drug-likeness (QED) is 0.568. The van der Waals surface area contributed by atoms with Crippen molar-refractivity contribution in [2.24, 2.45) is 0 Å². The van der Waals surface area contributed by atoms with Crippen LogP contribution < -0.4 is 10.0 Å². The predicted molar refractivity (Wildman–Crippen MR) is 109 cm³/mol. The fourth-order valence-corrected chi connectivity index (χ4v) is 3.79. The molecule has 0 aliphatic carbocycles. The number of hydrogen-bond acceptors (Lipinski definition) is 4. The van der Waals surface area contributed by atoms with Gasteiger partial charge in [0.05, 0.1) is 28.0 Å². The number of hydrogen-bond donors (Lipinski definition) is 2. The number of aromatic nitrogens is 2. The zero-order valence-electron chi connectivity index (χ0n) is 15.9. The van der Waals surface area contributed by atoms with Crippen LogP contribution in [-0.4, -0.2) is 36.8 Å². The van der Waals surface area contributed by atoms with Crippen LogP contribution in [0.25, 0.3) is 5.69 Å². The van der Waals surface area contributed by atoms with Crippen LogP contribution in [0.3, 0.4) is 0 Å². The molecule has 3 rings (SSSR count). The van der Waals surface area contributed by atoms with Gasteiger partial charge < -0.3 is 5.32 Å². The fourth-order valence-electron chi connectivity index (χ4n) is 2.65. The molecule has 0 aliphatic rings. The van der Waals surface area contributed by atoms with Crippen LogP contribution in [0.1, 0.15) is 16.1 Å². The van der Waals surface area contributed by atoms with Gasteiger partial charge in [0.25, 0.3) is 5.91 Å². The molecule has 0 radical (unpaired) electrons. The smallest absolute Gasteiger partial charge is 0.322 e. The number of alkyl halides is 3. The molecule has 7 nitrogen and oxygen atoms in total. The van der Waals surface area contributed by atoms with Gasteiger partial charge in [0, 0.05) is 10.7 Å². The molecule has 0 spiro atoms. The monoisotopic (exact) mass is 472 g/mol. The molecule has 2 aromatic carbocycles. The number of halogens is 4. The Morgan fingerprint density at radius 2 is 1.71 bits per heavy atom.